The van der Waals surface area contributed by atoms with Gasteiger partial charge in [-0.3, -0.25) is 10.1 Å². The van der Waals surface area contributed by atoms with Gasteiger partial charge in [0.25, 0.3) is 5.91 Å². The number of anilines is 1. The number of fused-ring (bicyclic) bond motifs is 2. The van der Waals surface area contributed by atoms with Crippen molar-refractivity contribution in [3.8, 4) is 5.88 Å². The first-order valence-corrected chi connectivity index (χ1v) is 7.49. The van der Waals surface area contributed by atoms with E-state index in [1.165, 1.54) is 11.3 Å². The Kier molecular flexibility index (Phi) is 2.85. The molecule has 106 valence electrons. The van der Waals surface area contributed by atoms with Crippen molar-refractivity contribution in [2.75, 3.05) is 11.9 Å². The van der Waals surface area contributed by atoms with Crippen LogP contribution < -0.4 is 10.1 Å². The molecule has 0 spiro atoms. The van der Waals surface area contributed by atoms with Crippen LogP contribution in [-0.2, 0) is 6.54 Å². The smallest absolute Gasteiger partial charge is 0.278 e. The number of para-hydroxylation sites is 1. The average molecular weight is 300 g/mol. The summed E-state index contributed by atoms with van der Waals surface area (Å²) in [6, 6.07) is 9.44. The number of aromatic nitrogens is 3. The average Bonchev–Trinajstić information content (AvgIpc) is 3.10. The fraction of sp³-hybridized carbons (Fsp3) is 0.214. The van der Waals surface area contributed by atoms with Gasteiger partial charge in [0.2, 0.25) is 5.88 Å². The molecular formula is C14H12N4O2S. The number of ether oxygens (including phenoxy) is 1. The van der Waals surface area contributed by atoms with Gasteiger partial charge in [-0.1, -0.05) is 23.5 Å². The van der Waals surface area contributed by atoms with Crippen molar-refractivity contribution in [3.63, 3.8) is 0 Å². The zero-order chi connectivity index (χ0) is 14.2. The summed E-state index contributed by atoms with van der Waals surface area (Å²) in [6.07, 6.45) is 0.910. The van der Waals surface area contributed by atoms with Crippen molar-refractivity contribution in [1.29, 1.82) is 0 Å². The molecule has 6 nitrogen and oxygen atoms in total. The maximum Gasteiger partial charge on any atom is 0.278 e. The van der Waals surface area contributed by atoms with Crippen LogP contribution in [0.4, 0.5) is 5.13 Å². The molecule has 1 aromatic carbocycles. The SMILES string of the molecule is O=C(Nc1nc2ccccc2s1)c1cc2n(n1)CCCO2. The lowest BCUT2D eigenvalue weighted by Crippen LogP contribution is -2.16. The molecule has 21 heavy (non-hydrogen) atoms. The van der Waals surface area contributed by atoms with Crippen molar-refractivity contribution in [3.05, 3.63) is 36.0 Å². The lowest BCUT2D eigenvalue weighted by molar-refractivity contribution is 0.102. The molecule has 0 bridgehead atoms. The normalized spacial score (nSPS) is 13.7. The van der Waals surface area contributed by atoms with E-state index in [9.17, 15) is 4.79 Å². The molecule has 3 heterocycles. The molecule has 0 atom stereocenters. The summed E-state index contributed by atoms with van der Waals surface area (Å²) in [6.45, 7) is 1.45. The molecule has 0 saturated carbocycles. The Bertz CT molecular complexity index is 767. The summed E-state index contributed by atoms with van der Waals surface area (Å²) >= 11 is 1.45. The number of nitrogens with zero attached hydrogens (tertiary/aromatic N) is 3. The Balaban J connectivity index is 1.58. The minimum atomic E-state index is -0.264. The zero-order valence-corrected chi connectivity index (χ0v) is 11.9. The van der Waals surface area contributed by atoms with Gasteiger partial charge in [-0.05, 0) is 12.1 Å². The monoisotopic (exact) mass is 300 g/mol. The first-order valence-electron chi connectivity index (χ1n) is 6.67. The van der Waals surface area contributed by atoms with Gasteiger partial charge in [0.15, 0.2) is 10.8 Å². The first-order chi connectivity index (χ1) is 10.3. The zero-order valence-electron chi connectivity index (χ0n) is 11.1. The van der Waals surface area contributed by atoms with E-state index < -0.39 is 0 Å². The lowest BCUT2D eigenvalue weighted by atomic mass is 10.3. The minimum absolute atomic E-state index is 0.264. The maximum atomic E-state index is 12.2. The Morgan fingerprint density at radius 1 is 1.38 bits per heavy atom. The van der Waals surface area contributed by atoms with Crippen LogP contribution in [0.25, 0.3) is 10.2 Å². The second kappa shape index (κ2) is 4.85. The molecule has 3 aromatic rings. The van der Waals surface area contributed by atoms with Crippen molar-refractivity contribution in [2.45, 2.75) is 13.0 Å². The predicted molar refractivity (Wildman–Crippen MR) is 79.9 cm³/mol. The molecule has 2 aromatic heterocycles. The van der Waals surface area contributed by atoms with E-state index in [0.29, 0.717) is 23.3 Å². The molecule has 1 aliphatic rings. The predicted octanol–water partition coefficient (Wildman–Crippen LogP) is 2.53. The summed E-state index contributed by atoms with van der Waals surface area (Å²) in [4.78, 5) is 16.6. The molecule has 0 aliphatic carbocycles. The van der Waals surface area contributed by atoms with E-state index in [0.717, 1.165) is 23.2 Å². The molecular weight excluding hydrogens is 288 g/mol. The van der Waals surface area contributed by atoms with Crippen LogP contribution >= 0.6 is 11.3 Å². The van der Waals surface area contributed by atoms with Crippen molar-refractivity contribution < 1.29 is 9.53 Å². The highest BCUT2D eigenvalue weighted by Crippen LogP contribution is 2.26. The van der Waals surface area contributed by atoms with Crippen molar-refractivity contribution in [1.82, 2.24) is 14.8 Å². The topological polar surface area (TPSA) is 69.0 Å². The van der Waals surface area contributed by atoms with Gasteiger partial charge in [0.1, 0.15) is 0 Å². The number of carbonyl (C=O) groups excluding carboxylic acids is 1. The highest BCUT2D eigenvalue weighted by molar-refractivity contribution is 7.22. The van der Waals surface area contributed by atoms with E-state index in [1.54, 1.807) is 10.7 Å². The molecule has 7 heteroatoms. The fourth-order valence-corrected chi connectivity index (χ4v) is 3.13. The Morgan fingerprint density at radius 3 is 3.14 bits per heavy atom. The van der Waals surface area contributed by atoms with E-state index in [2.05, 4.69) is 15.4 Å². The summed E-state index contributed by atoms with van der Waals surface area (Å²) in [7, 11) is 0. The number of rotatable bonds is 2. The second-order valence-electron chi connectivity index (χ2n) is 4.73. The summed E-state index contributed by atoms with van der Waals surface area (Å²) in [5.41, 5.74) is 1.23. The number of aryl methyl sites for hydroxylation is 1. The molecule has 4 rings (SSSR count). The Labute approximate surface area is 124 Å². The Hall–Kier alpha value is -2.41. The second-order valence-corrected chi connectivity index (χ2v) is 5.76. The van der Waals surface area contributed by atoms with Crippen LogP contribution in [0.2, 0.25) is 0 Å². The molecule has 1 amide bonds. The summed E-state index contributed by atoms with van der Waals surface area (Å²) < 4.78 is 8.22. The molecule has 1 N–H and O–H groups in total. The lowest BCUT2D eigenvalue weighted by Gasteiger charge is -2.13. The number of carbonyl (C=O) groups is 1. The van der Waals surface area contributed by atoms with Gasteiger partial charge in [-0.15, -0.1) is 0 Å². The Morgan fingerprint density at radius 2 is 2.29 bits per heavy atom. The van der Waals surface area contributed by atoms with Gasteiger partial charge < -0.3 is 4.74 Å². The van der Waals surface area contributed by atoms with Crippen molar-refractivity contribution >= 4 is 32.6 Å². The fourth-order valence-electron chi connectivity index (χ4n) is 2.26. The molecule has 0 radical (unpaired) electrons. The van der Waals surface area contributed by atoms with Gasteiger partial charge in [-0.25, -0.2) is 9.67 Å². The minimum Gasteiger partial charge on any atom is -0.478 e. The number of amides is 1. The highest BCUT2D eigenvalue weighted by atomic mass is 32.1. The summed E-state index contributed by atoms with van der Waals surface area (Å²) in [5, 5.41) is 7.63. The van der Waals surface area contributed by atoms with Crippen LogP contribution in [0.15, 0.2) is 30.3 Å². The van der Waals surface area contributed by atoms with Gasteiger partial charge in [0.05, 0.1) is 16.8 Å². The maximum absolute atomic E-state index is 12.2. The molecule has 0 fully saturated rings. The van der Waals surface area contributed by atoms with Gasteiger partial charge in [-0.2, -0.15) is 5.10 Å². The van der Waals surface area contributed by atoms with Crippen LogP contribution in [0.1, 0.15) is 16.9 Å². The van der Waals surface area contributed by atoms with E-state index in [1.807, 2.05) is 24.3 Å². The van der Waals surface area contributed by atoms with E-state index in [-0.39, 0.29) is 5.91 Å². The number of thiazole rings is 1. The van der Waals surface area contributed by atoms with Crippen LogP contribution in [0, 0.1) is 0 Å². The highest BCUT2D eigenvalue weighted by Gasteiger charge is 2.18. The van der Waals surface area contributed by atoms with Crippen molar-refractivity contribution in [2.24, 2.45) is 0 Å². The number of nitrogens with one attached hydrogen (secondary N) is 1. The molecule has 1 aliphatic heterocycles. The van der Waals surface area contributed by atoms with Gasteiger partial charge >= 0.3 is 0 Å². The summed E-state index contributed by atoms with van der Waals surface area (Å²) in [5.74, 6) is 0.384. The number of hydrogen-bond donors (Lipinski definition) is 1. The first kappa shape index (κ1) is 12.3. The largest absolute Gasteiger partial charge is 0.478 e. The van der Waals surface area contributed by atoms with Crippen LogP contribution in [0.5, 0.6) is 5.88 Å². The standard InChI is InChI=1S/C14H12N4O2S/c19-13(10-8-12-18(17-10)6-3-7-20-12)16-14-15-9-4-1-2-5-11(9)21-14/h1-2,4-5,8H,3,6-7H2,(H,15,16,19). The molecule has 0 unspecified atom stereocenters. The number of hydrogen-bond acceptors (Lipinski definition) is 5. The number of benzene rings is 1. The van der Waals surface area contributed by atoms with Crippen LogP contribution in [-0.4, -0.2) is 27.3 Å². The third kappa shape index (κ3) is 2.25. The molecule has 0 saturated heterocycles. The quantitative estimate of drug-likeness (QED) is 0.789. The third-order valence-electron chi connectivity index (χ3n) is 3.25. The third-order valence-corrected chi connectivity index (χ3v) is 4.21. The van der Waals surface area contributed by atoms with E-state index in [4.69, 9.17) is 4.74 Å². The van der Waals surface area contributed by atoms with Crippen LogP contribution in [0.3, 0.4) is 0 Å². The van der Waals surface area contributed by atoms with Gasteiger partial charge in [0, 0.05) is 19.0 Å². The van der Waals surface area contributed by atoms with E-state index >= 15 is 0 Å².